The molecule has 4 atom stereocenters. The highest BCUT2D eigenvalue weighted by molar-refractivity contribution is 6.04. The van der Waals surface area contributed by atoms with E-state index in [1.165, 1.54) is 11.0 Å². The second-order valence-electron chi connectivity index (χ2n) is 12.7. The van der Waals surface area contributed by atoms with E-state index in [2.05, 4.69) is 21.9 Å². The van der Waals surface area contributed by atoms with Crippen molar-refractivity contribution in [3.63, 3.8) is 0 Å². The predicted octanol–water partition coefficient (Wildman–Crippen LogP) is 4.10. The number of hydrogen-bond acceptors (Lipinski definition) is 8. The largest absolute Gasteiger partial charge is 0.462 e. The predicted molar refractivity (Wildman–Crippen MR) is 160 cm³/mol. The van der Waals surface area contributed by atoms with E-state index >= 15 is 0 Å². The van der Waals surface area contributed by atoms with Crippen LogP contribution in [0.3, 0.4) is 0 Å². The average Bonchev–Trinajstić information content (AvgIpc) is 3.35. The second-order valence-corrected chi connectivity index (χ2v) is 12.7. The molecule has 250 valence electrons. The summed E-state index contributed by atoms with van der Waals surface area (Å²) in [5.41, 5.74) is -1.09. The average molecular weight is 660 g/mol. The van der Waals surface area contributed by atoms with Crippen molar-refractivity contribution in [1.29, 1.82) is 5.26 Å². The number of alkyl halides is 4. The molecule has 1 aromatic heterocycles. The third kappa shape index (κ3) is 5.99. The zero-order valence-electron chi connectivity index (χ0n) is 25.7. The molecule has 47 heavy (non-hydrogen) atoms. The van der Waals surface area contributed by atoms with E-state index in [-0.39, 0.29) is 87.6 Å². The molecule has 3 unspecified atom stereocenters. The van der Waals surface area contributed by atoms with Gasteiger partial charge in [-0.25, -0.2) is 8.78 Å². The van der Waals surface area contributed by atoms with Crippen molar-refractivity contribution in [3.8, 4) is 12.1 Å². The number of carbonyl (C=O) groups is 2. The molecule has 15 heteroatoms. The Morgan fingerprint density at radius 2 is 2.02 bits per heavy atom. The first-order valence-electron chi connectivity index (χ1n) is 15.5. The second kappa shape index (κ2) is 12.4. The topological polar surface area (TPSA) is 115 Å². The van der Waals surface area contributed by atoms with Gasteiger partial charge in [0.2, 0.25) is 5.91 Å². The SMILES string of the molecule is C=C(F)C(=O)N1CCN(c2nc(OC[C@@H]3CC(F)CN3C)nc3c2NC(=O)C2(CCCc4c(C(F)(F)F)cccc42)C3)CC1CC#N. The zero-order valence-corrected chi connectivity index (χ0v) is 25.7. The summed E-state index contributed by atoms with van der Waals surface area (Å²) < 4.78 is 75.9. The molecular formula is C32H34F5N7O3. The van der Waals surface area contributed by atoms with Gasteiger partial charge in [0.25, 0.3) is 5.91 Å². The number of nitriles is 1. The smallest absolute Gasteiger partial charge is 0.416 e. The van der Waals surface area contributed by atoms with Crippen molar-refractivity contribution < 1.29 is 36.3 Å². The molecule has 2 amide bonds. The molecule has 1 spiro atoms. The summed E-state index contributed by atoms with van der Waals surface area (Å²) in [7, 11) is 1.78. The van der Waals surface area contributed by atoms with Crippen LogP contribution in [0.4, 0.5) is 33.5 Å². The molecule has 6 rings (SSSR count). The number of hydrogen-bond donors (Lipinski definition) is 1. The lowest BCUT2D eigenvalue weighted by Gasteiger charge is -2.44. The lowest BCUT2D eigenvalue weighted by atomic mass is 9.64. The van der Waals surface area contributed by atoms with Crippen LogP contribution in [-0.4, -0.2) is 89.7 Å². The summed E-state index contributed by atoms with van der Waals surface area (Å²) in [6.07, 6.45) is -4.64. The quantitative estimate of drug-likeness (QED) is 0.365. The Morgan fingerprint density at radius 3 is 2.70 bits per heavy atom. The van der Waals surface area contributed by atoms with Gasteiger partial charge >= 0.3 is 12.2 Å². The standard InChI is InChI=1S/C32H34F5N7O3/c1-18(33)28(45)44-12-11-43(16-20(44)8-10-38)27-26-25(39-30(41-27)47-17-21-13-19(34)15-42(21)2)14-31(29(46)40-26)9-4-5-22-23(31)6-3-7-24(22)32(35,36)37/h3,6-7,19-21H,1,4-5,8-9,11-17H2,2H3,(H,40,46)/t19?,20?,21-,31?/m0/s1. The minimum absolute atomic E-state index is 0.0218. The van der Waals surface area contributed by atoms with Gasteiger partial charge in [0, 0.05) is 38.6 Å². The summed E-state index contributed by atoms with van der Waals surface area (Å²) in [5, 5.41) is 12.4. The van der Waals surface area contributed by atoms with Gasteiger partial charge in [-0.15, -0.1) is 0 Å². The van der Waals surface area contributed by atoms with Gasteiger partial charge in [0.05, 0.1) is 35.2 Å². The Labute approximate surface area is 268 Å². The molecule has 1 aliphatic carbocycles. The van der Waals surface area contributed by atoms with Crippen molar-refractivity contribution in [3.05, 3.63) is 53.0 Å². The molecule has 4 aliphatic rings. The van der Waals surface area contributed by atoms with Crippen LogP contribution >= 0.6 is 0 Å². The van der Waals surface area contributed by atoms with Gasteiger partial charge < -0.3 is 19.9 Å². The molecule has 10 nitrogen and oxygen atoms in total. The van der Waals surface area contributed by atoms with Gasteiger partial charge in [-0.2, -0.15) is 28.4 Å². The molecule has 2 saturated heterocycles. The van der Waals surface area contributed by atoms with Gasteiger partial charge in [-0.1, -0.05) is 18.7 Å². The number of nitrogens with zero attached hydrogens (tertiary/aromatic N) is 6. The van der Waals surface area contributed by atoms with Crippen molar-refractivity contribution in [1.82, 2.24) is 19.8 Å². The number of halogens is 5. The first-order valence-corrected chi connectivity index (χ1v) is 15.5. The number of piperazine rings is 1. The van der Waals surface area contributed by atoms with Crippen LogP contribution in [0.5, 0.6) is 6.01 Å². The molecular weight excluding hydrogens is 625 g/mol. The van der Waals surface area contributed by atoms with E-state index < -0.39 is 47.0 Å². The maximum atomic E-state index is 14.1. The van der Waals surface area contributed by atoms with Crippen LogP contribution in [0.25, 0.3) is 0 Å². The minimum Gasteiger partial charge on any atom is -0.462 e. The highest BCUT2D eigenvalue weighted by atomic mass is 19.4. The molecule has 2 aromatic rings. The monoisotopic (exact) mass is 659 g/mol. The Hall–Kier alpha value is -4.32. The van der Waals surface area contributed by atoms with E-state index in [1.807, 2.05) is 11.0 Å². The molecule has 0 bridgehead atoms. The highest BCUT2D eigenvalue weighted by Crippen LogP contribution is 2.49. The fourth-order valence-electron chi connectivity index (χ4n) is 7.44. The lowest BCUT2D eigenvalue weighted by molar-refractivity contribution is -0.138. The maximum absolute atomic E-state index is 14.1. The van der Waals surface area contributed by atoms with E-state index in [4.69, 9.17) is 4.74 Å². The normalized spacial score (nSPS) is 26.0. The van der Waals surface area contributed by atoms with Crippen LogP contribution in [-0.2, 0) is 34.0 Å². The van der Waals surface area contributed by atoms with E-state index in [0.29, 0.717) is 24.1 Å². The number of amides is 2. The van der Waals surface area contributed by atoms with Gasteiger partial charge in [-0.05, 0) is 49.9 Å². The van der Waals surface area contributed by atoms with E-state index in [1.54, 1.807) is 18.0 Å². The molecule has 1 aromatic carbocycles. The van der Waals surface area contributed by atoms with Crippen LogP contribution < -0.4 is 15.0 Å². The van der Waals surface area contributed by atoms with Crippen molar-refractivity contribution >= 4 is 23.3 Å². The third-order valence-corrected chi connectivity index (χ3v) is 9.76. The Bertz CT molecular complexity index is 1650. The van der Waals surface area contributed by atoms with Crippen molar-refractivity contribution in [2.75, 3.05) is 50.1 Å². The van der Waals surface area contributed by atoms with Crippen LogP contribution in [0.15, 0.2) is 30.6 Å². The summed E-state index contributed by atoms with van der Waals surface area (Å²) >= 11 is 0. The highest BCUT2D eigenvalue weighted by Gasteiger charge is 2.50. The summed E-state index contributed by atoms with van der Waals surface area (Å²) in [5.74, 6) is -2.31. The van der Waals surface area contributed by atoms with Crippen molar-refractivity contribution in [2.45, 2.75) is 68.4 Å². The van der Waals surface area contributed by atoms with Gasteiger partial charge in [0.15, 0.2) is 11.6 Å². The Morgan fingerprint density at radius 1 is 1.23 bits per heavy atom. The number of benzene rings is 1. The number of rotatable bonds is 6. The Kier molecular flexibility index (Phi) is 8.58. The molecule has 2 fully saturated rings. The number of nitrogens with one attached hydrogen (secondary N) is 1. The number of likely N-dealkylation sites (N-methyl/N-ethyl adjacent to an activating group) is 1. The lowest BCUT2D eigenvalue weighted by Crippen LogP contribution is -2.56. The summed E-state index contributed by atoms with van der Waals surface area (Å²) in [6, 6.07) is 4.90. The van der Waals surface area contributed by atoms with Crippen molar-refractivity contribution in [2.24, 2.45) is 0 Å². The summed E-state index contributed by atoms with van der Waals surface area (Å²) in [6.45, 7) is 3.66. The number of likely N-dealkylation sites (tertiary alicyclic amines) is 1. The number of anilines is 2. The molecule has 4 heterocycles. The van der Waals surface area contributed by atoms with Crippen LogP contribution in [0.1, 0.15) is 48.1 Å². The zero-order chi connectivity index (χ0) is 33.7. The van der Waals surface area contributed by atoms with Crippen LogP contribution in [0.2, 0.25) is 0 Å². The van der Waals surface area contributed by atoms with Crippen LogP contribution in [0, 0.1) is 11.3 Å². The number of aromatic nitrogens is 2. The first-order chi connectivity index (χ1) is 22.3. The molecule has 1 N–H and O–H groups in total. The summed E-state index contributed by atoms with van der Waals surface area (Å²) in [4.78, 5) is 40.6. The van der Waals surface area contributed by atoms with E-state index in [9.17, 15) is 36.8 Å². The fraction of sp³-hybridized carbons (Fsp3) is 0.531. The number of fused-ring (bicyclic) bond motifs is 3. The van der Waals surface area contributed by atoms with Gasteiger partial charge in [-0.3, -0.25) is 14.5 Å². The maximum Gasteiger partial charge on any atom is 0.416 e. The van der Waals surface area contributed by atoms with E-state index in [0.717, 1.165) is 6.07 Å². The molecule has 0 saturated carbocycles. The Balaban J connectivity index is 1.40. The molecule has 0 radical (unpaired) electrons. The first kappa shape index (κ1) is 32.6. The fourth-order valence-corrected chi connectivity index (χ4v) is 7.44. The minimum atomic E-state index is -4.59. The van der Waals surface area contributed by atoms with Gasteiger partial charge in [0.1, 0.15) is 18.5 Å². The third-order valence-electron chi connectivity index (χ3n) is 9.76. The number of carbonyl (C=O) groups excluding carboxylic acids is 2. The molecule has 3 aliphatic heterocycles. The number of ether oxygens (including phenoxy) is 1.